The van der Waals surface area contributed by atoms with Crippen molar-refractivity contribution in [3.8, 4) is 11.8 Å². The molecule has 0 bridgehead atoms. The summed E-state index contributed by atoms with van der Waals surface area (Å²) in [6, 6.07) is 5.85. The molecule has 24 heavy (non-hydrogen) atoms. The quantitative estimate of drug-likeness (QED) is 0.780. The monoisotopic (exact) mass is 332 g/mol. The van der Waals surface area contributed by atoms with Gasteiger partial charge in [0, 0.05) is 0 Å². The molecule has 2 aromatic rings. The number of hydrogen-bond acceptors (Lipinski definition) is 8. The summed E-state index contributed by atoms with van der Waals surface area (Å²) >= 11 is 0. The average molecular weight is 332 g/mol. The lowest BCUT2D eigenvalue weighted by Gasteiger charge is -2.11. The molecule has 2 rings (SSSR count). The number of methoxy groups -OCH3 is 3. The molecule has 126 valence electrons. The van der Waals surface area contributed by atoms with E-state index in [4.69, 9.17) is 15.2 Å². The highest BCUT2D eigenvalue weighted by Gasteiger charge is 2.16. The van der Waals surface area contributed by atoms with Gasteiger partial charge in [0.1, 0.15) is 11.4 Å². The van der Waals surface area contributed by atoms with Crippen LogP contribution in [0.4, 0.5) is 11.4 Å². The van der Waals surface area contributed by atoms with Crippen LogP contribution < -0.4 is 20.5 Å². The number of nitrogens with one attached hydrogen (secondary N) is 1. The summed E-state index contributed by atoms with van der Waals surface area (Å²) in [5, 5.41) is 2.60. The summed E-state index contributed by atoms with van der Waals surface area (Å²) in [6.45, 7) is 0. The molecule has 0 aliphatic rings. The smallest absolute Gasteiger partial charge is 0.356 e. The summed E-state index contributed by atoms with van der Waals surface area (Å²) in [4.78, 5) is 31.8. The van der Waals surface area contributed by atoms with Gasteiger partial charge in [0.2, 0.25) is 11.8 Å². The molecule has 0 aliphatic carbocycles. The molecule has 0 atom stereocenters. The summed E-state index contributed by atoms with van der Waals surface area (Å²) in [7, 11) is 4.01. The van der Waals surface area contributed by atoms with Gasteiger partial charge >= 0.3 is 5.97 Å². The molecule has 2 aromatic heterocycles. The van der Waals surface area contributed by atoms with Gasteiger partial charge in [-0.25, -0.2) is 14.8 Å². The van der Waals surface area contributed by atoms with E-state index in [-0.39, 0.29) is 28.8 Å². The minimum atomic E-state index is -0.615. The molecule has 9 nitrogen and oxygen atoms in total. The number of nitrogens with two attached hydrogens (primary N) is 1. The Morgan fingerprint density at radius 3 is 2.21 bits per heavy atom. The van der Waals surface area contributed by atoms with E-state index in [2.05, 4.69) is 20.0 Å². The largest absolute Gasteiger partial charge is 0.480 e. The first-order valence-electron chi connectivity index (χ1n) is 6.75. The summed E-state index contributed by atoms with van der Waals surface area (Å²) in [5.41, 5.74) is 6.40. The second-order valence-electron chi connectivity index (χ2n) is 4.49. The number of carbonyl (C=O) groups is 2. The normalized spacial score (nSPS) is 9.96. The Morgan fingerprint density at radius 2 is 1.58 bits per heavy atom. The molecule has 0 fully saturated rings. The van der Waals surface area contributed by atoms with E-state index in [1.807, 2.05) is 0 Å². The third-order valence-electron chi connectivity index (χ3n) is 3.01. The number of esters is 1. The highest BCUT2D eigenvalue weighted by molar-refractivity contribution is 6.04. The lowest BCUT2D eigenvalue weighted by molar-refractivity contribution is 0.0593. The zero-order chi connectivity index (χ0) is 17.7. The molecule has 0 radical (unpaired) electrons. The number of ether oxygens (including phenoxy) is 3. The third-order valence-corrected chi connectivity index (χ3v) is 3.01. The predicted molar refractivity (Wildman–Crippen MR) is 85.3 cm³/mol. The van der Waals surface area contributed by atoms with Crippen molar-refractivity contribution < 1.29 is 23.8 Å². The van der Waals surface area contributed by atoms with E-state index in [1.165, 1.54) is 45.6 Å². The summed E-state index contributed by atoms with van der Waals surface area (Å²) in [5.74, 6) is -0.919. The Kier molecular flexibility index (Phi) is 5.15. The zero-order valence-corrected chi connectivity index (χ0v) is 13.3. The van der Waals surface area contributed by atoms with Crippen molar-refractivity contribution in [3.05, 3.63) is 35.7 Å². The lowest BCUT2D eigenvalue weighted by Crippen LogP contribution is -2.16. The molecule has 0 unspecified atom stereocenters. The standard InChI is InChI=1S/C15H16N4O5/c1-22-13-8(16)4-5-9(18-13)12(20)17-10-6-7-11(15(21)24-3)19-14(10)23-2/h4-7H,16H2,1-3H3,(H,17,20). The Balaban J connectivity index is 2.27. The van der Waals surface area contributed by atoms with Crippen LogP contribution in [0, 0.1) is 0 Å². The summed E-state index contributed by atoms with van der Waals surface area (Å²) in [6.07, 6.45) is 0. The fourth-order valence-corrected chi connectivity index (χ4v) is 1.84. The van der Waals surface area contributed by atoms with Crippen molar-refractivity contribution in [3.63, 3.8) is 0 Å². The first-order chi connectivity index (χ1) is 11.5. The molecule has 0 saturated heterocycles. The number of nitrogen functional groups attached to an aromatic ring is 1. The maximum absolute atomic E-state index is 12.3. The molecule has 0 aromatic carbocycles. The fourth-order valence-electron chi connectivity index (χ4n) is 1.84. The van der Waals surface area contributed by atoms with Crippen molar-refractivity contribution in [1.29, 1.82) is 0 Å². The number of amides is 1. The van der Waals surface area contributed by atoms with Gasteiger partial charge in [-0.1, -0.05) is 0 Å². The van der Waals surface area contributed by atoms with Gasteiger partial charge in [-0.2, -0.15) is 0 Å². The number of rotatable bonds is 5. The first-order valence-corrected chi connectivity index (χ1v) is 6.75. The van der Waals surface area contributed by atoms with E-state index in [0.717, 1.165) is 0 Å². The highest BCUT2D eigenvalue weighted by atomic mass is 16.5. The Labute approximate surface area is 137 Å². The van der Waals surface area contributed by atoms with Crippen LogP contribution in [0.2, 0.25) is 0 Å². The molecular formula is C15H16N4O5. The predicted octanol–water partition coefficient (Wildman–Crippen LogP) is 1.11. The zero-order valence-electron chi connectivity index (χ0n) is 13.3. The maximum Gasteiger partial charge on any atom is 0.356 e. The number of carbonyl (C=O) groups excluding carboxylic acids is 2. The van der Waals surface area contributed by atoms with Crippen molar-refractivity contribution in [2.75, 3.05) is 32.4 Å². The van der Waals surface area contributed by atoms with Gasteiger partial charge in [-0.15, -0.1) is 0 Å². The molecule has 0 aliphatic heterocycles. The number of nitrogens with zero attached hydrogens (tertiary/aromatic N) is 2. The number of aromatic nitrogens is 2. The van der Waals surface area contributed by atoms with E-state index in [1.54, 1.807) is 0 Å². The summed E-state index contributed by atoms with van der Waals surface area (Å²) < 4.78 is 14.6. The van der Waals surface area contributed by atoms with Crippen molar-refractivity contribution >= 4 is 23.3 Å². The Hall–Kier alpha value is -3.36. The molecule has 2 heterocycles. The van der Waals surface area contributed by atoms with Crippen LogP contribution in [0.25, 0.3) is 0 Å². The maximum atomic E-state index is 12.3. The second-order valence-corrected chi connectivity index (χ2v) is 4.49. The van der Waals surface area contributed by atoms with Gasteiger partial charge in [0.15, 0.2) is 5.69 Å². The van der Waals surface area contributed by atoms with Gasteiger partial charge < -0.3 is 25.3 Å². The molecule has 0 saturated carbocycles. The molecular weight excluding hydrogens is 316 g/mol. The van der Waals surface area contributed by atoms with Crippen LogP contribution in [-0.2, 0) is 4.74 Å². The molecule has 9 heteroatoms. The SMILES string of the molecule is COC(=O)c1ccc(NC(=O)c2ccc(N)c(OC)n2)c(OC)n1. The van der Waals surface area contributed by atoms with Crippen LogP contribution in [0.3, 0.4) is 0 Å². The van der Waals surface area contributed by atoms with Crippen LogP contribution in [0.5, 0.6) is 11.8 Å². The van der Waals surface area contributed by atoms with E-state index in [0.29, 0.717) is 5.69 Å². The fraction of sp³-hybridized carbons (Fsp3) is 0.200. The van der Waals surface area contributed by atoms with Crippen LogP contribution in [0.1, 0.15) is 21.0 Å². The van der Waals surface area contributed by atoms with Crippen LogP contribution >= 0.6 is 0 Å². The van der Waals surface area contributed by atoms with Gasteiger partial charge in [0.25, 0.3) is 5.91 Å². The topological polar surface area (TPSA) is 126 Å². The van der Waals surface area contributed by atoms with Crippen molar-refractivity contribution in [1.82, 2.24) is 9.97 Å². The Bertz CT molecular complexity index is 778. The van der Waals surface area contributed by atoms with Gasteiger partial charge in [-0.3, -0.25) is 4.79 Å². The first kappa shape index (κ1) is 17.0. The van der Waals surface area contributed by atoms with Crippen LogP contribution in [-0.4, -0.2) is 43.2 Å². The average Bonchev–Trinajstić information content (AvgIpc) is 2.61. The third kappa shape index (κ3) is 3.51. The second kappa shape index (κ2) is 7.27. The van der Waals surface area contributed by atoms with E-state index in [9.17, 15) is 9.59 Å². The molecule has 1 amide bonds. The molecule has 3 N–H and O–H groups in total. The van der Waals surface area contributed by atoms with E-state index >= 15 is 0 Å². The molecule has 0 spiro atoms. The van der Waals surface area contributed by atoms with Crippen LogP contribution in [0.15, 0.2) is 24.3 Å². The number of anilines is 2. The van der Waals surface area contributed by atoms with Gasteiger partial charge in [0.05, 0.1) is 27.0 Å². The highest BCUT2D eigenvalue weighted by Crippen LogP contribution is 2.24. The lowest BCUT2D eigenvalue weighted by atomic mass is 10.3. The van der Waals surface area contributed by atoms with E-state index < -0.39 is 11.9 Å². The number of hydrogen-bond donors (Lipinski definition) is 2. The Morgan fingerprint density at radius 1 is 0.958 bits per heavy atom. The van der Waals surface area contributed by atoms with Crippen molar-refractivity contribution in [2.24, 2.45) is 0 Å². The number of pyridine rings is 2. The minimum Gasteiger partial charge on any atom is -0.480 e. The van der Waals surface area contributed by atoms with Crippen molar-refractivity contribution in [2.45, 2.75) is 0 Å². The van der Waals surface area contributed by atoms with Gasteiger partial charge in [-0.05, 0) is 24.3 Å². The minimum absolute atomic E-state index is 0.0552.